The number of rotatable bonds is 7. The van der Waals surface area contributed by atoms with Crippen LogP contribution in [0.15, 0.2) is 24.4 Å². The van der Waals surface area contributed by atoms with Gasteiger partial charge in [-0.3, -0.25) is 9.78 Å². The molecule has 0 saturated heterocycles. The van der Waals surface area contributed by atoms with E-state index < -0.39 is 5.97 Å². The van der Waals surface area contributed by atoms with Crippen LogP contribution >= 0.6 is 0 Å². The first kappa shape index (κ1) is 15.8. The maximum atomic E-state index is 12.0. The third-order valence-corrected chi connectivity index (χ3v) is 2.78. The van der Waals surface area contributed by atoms with E-state index in [1.54, 1.807) is 12.1 Å². The minimum Gasteiger partial charge on any atom is -0.478 e. The highest BCUT2D eigenvalue weighted by atomic mass is 16.4. The van der Waals surface area contributed by atoms with Crippen molar-refractivity contribution in [2.75, 3.05) is 26.7 Å². The van der Waals surface area contributed by atoms with E-state index in [0.29, 0.717) is 12.1 Å². The van der Waals surface area contributed by atoms with Crippen LogP contribution in [0, 0.1) is 0 Å². The number of amides is 1. The molecule has 0 fully saturated rings. The van der Waals surface area contributed by atoms with Crippen molar-refractivity contribution in [3.05, 3.63) is 35.7 Å². The summed E-state index contributed by atoms with van der Waals surface area (Å²) in [4.78, 5) is 28.6. The zero-order valence-corrected chi connectivity index (χ0v) is 11.7. The van der Waals surface area contributed by atoms with Gasteiger partial charge in [0.2, 0.25) is 0 Å². The van der Waals surface area contributed by atoms with Crippen LogP contribution < -0.4 is 5.32 Å². The monoisotopic (exact) mass is 277 g/mol. The second kappa shape index (κ2) is 8.06. The molecule has 108 valence electrons. The molecule has 0 unspecified atom stereocenters. The van der Waals surface area contributed by atoms with Crippen molar-refractivity contribution in [1.82, 2.24) is 15.2 Å². The summed E-state index contributed by atoms with van der Waals surface area (Å²) in [6, 6.07) is 3.31. The molecule has 6 nitrogen and oxygen atoms in total. The third kappa shape index (κ3) is 5.19. The third-order valence-electron chi connectivity index (χ3n) is 2.78. The molecular weight excluding hydrogens is 258 g/mol. The molecule has 0 aromatic carbocycles. The van der Waals surface area contributed by atoms with Gasteiger partial charge in [0, 0.05) is 30.9 Å². The Morgan fingerprint density at radius 3 is 2.90 bits per heavy atom. The molecule has 0 aliphatic carbocycles. The van der Waals surface area contributed by atoms with E-state index in [4.69, 9.17) is 5.11 Å². The fraction of sp³-hybridized carbons (Fsp3) is 0.357. The summed E-state index contributed by atoms with van der Waals surface area (Å²) < 4.78 is 0. The van der Waals surface area contributed by atoms with Crippen molar-refractivity contribution in [3.8, 4) is 0 Å². The van der Waals surface area contributed by atoms with Crippen LogP contribution in [-0.4, -0.2) is 53.5 Å². The minimum atomic E-state index is -1.07. The largest absolute Gasteiger partial charge is 0.478 e. The lowest BCUT2D eigenvalue weighted by atomic mass is 10.1. The topological polar surface area (TPSA) is 82.5 Å². The number of carboxylic acids is 1. The van der Waals surface area contributed by atoms with Gasteiger partial charge in [-0.2, -0.15) is 0 Å². The fourth-order valence-corrected chi connectivity index (χ4v) is 1.51. The number of hydrogen-bond acceptors (Lipinski definition) is 4. The Bertz CT molecular complexity index is 500. The van der Waals surface area contributed by atoms with E-state index in [2.05, 4.69) is 15.2 Å². The summed E-state index contributed by atoms with van der Waals surface area (Å²) in [7, 11) is 1.97. The van der Waals surface area contributed by atoms with Crippen molar-refractivity contribution in [3.63, 3.8) is 0 Å². The maximum absolute atomic E-state index is 12.0. The number of carbonyl (C=O) groups excluding carboxylic acids is 1. The fourth-order valence-electron chi connectivity index (χ4n) is 1.51. The van der Waals surface area contributed by atoms with Crippen molar-refractivity contribution < 1.29 is 14.7 Å². The number of carboxylic acid groups (broad SMARTS) is 1. The highest BCUT2D eigenvalue weighted by Gasteiger charge is 2.10. The predicted octanol–water partition coefficient (Wildman–Crippen LogP) is 0.861. The first-order valence-corrected chi connectivity index (χ1v) is 6.37. The maximum Gasteiger partial charge on any atom is 0.328 e. The highest BCUT2D eigenvalue weighted by Crippen LogP contribution is 2.07. The quantitative estimate of drug-likeness (QED) is 0.722. The van der Waals surface area contributed by atoms with Gasteiger partial charge in [0.1, 0.15) is 5.69 Å². The van der Waals surface area contributed by atoms with E-state index in [-0.39, 0.29) is 11.6 Å². The van der Waals surface area contributed by atoms with E-state index in [1.165, 1.54) is 12.3 Å². The number of nitrogens with one attached hydrogen (secondary N) is 1. The van der Waals surface area contributed by atoms with Gasteiger partial charge in [0.25, 0.3) is 5.91 Å². The SMILES string of the molecule is CCN(C)CCNC(=O)c1ncccc1/C=C/C(=O)O. The minimum absolute atomic E-state index is 0.226. The van der Waals surface area contributed by atoms with Gasteiger partial charge in [-0.1, -0.05) is 13.0 Å². The van der Waals surface area contributed by atoms with Gasteiger partial charge in [-0.25, -0.2) is 4.79 Å². The second-order valence-corrected chi connectivity index (χ2v) is 4.26. The Morgan fingerprint density at radius 2 is 2.25 bits per heavy atom. The molecule has 0 bridgehead atoms. The van der Waals surface area contributed by atoms with E-state index in [1.807, 2.05) is 14.0 Å². The molecule has 1 amide bonds. The molecule has 2 N–H and O–H groups in total. The second-order valence-electron chi connectivity index (χ2n) is 4.26. The molecule has 1 aromatic rings. The van der Waals surface area contributed by atoms with E-state index >= 15 is 0 Å². The summed E-state index contributed by atoms with van der Waals surface area (Å²) in [5, 5.41) is 11.4. The molecule has 1 heterocycles. The van der Waals surface area contributed by atoms with Gasteiger partial charge in [-0.05, 0) is 25.7 Å². The summed E-state index contributed by atoms with van der Waals surface area (Å²) in [6.45, 7) is 4.21. The number of nitrogens with zero attached hydrogens (tertiary/aromatic N) is 2. The lowest BCUT2D eigenvalue weighted by molar-refractivity contribution is -0.131. The number of carbonyl (C=O) groups is 2. The van der Waals surface area contributed by atoms with Crippen LogP contribution in [0.3, 0.4) is 0 Å². The van der Waals surface area contributed by atoms with Crippen molar-refractivity contribution >= 4 is 18.0 Å². The van der Waals surface area contributed by atoms with Gasteiger partial charge >= 0.3 is 5.97 Å². The summed E-state index contributed by atoms with van der Waals surface area (Å²) in [6.07, 6.45) is 3.85. The van der Waals surface area contributed by atoms with Crippen molar-refractivity contribution in [2.45, 2.75) is 6.92 Å². The number of hydrogen-bond donors (Lipinski definition) is 2. The molecule has 0 aliphatic rings. The molecule has 1 rings (SSSR count). The average molecular weight is 277 g/mol. The molecule has 0 saturated carbocycles. The number of pyridine rings is 1. The Balaban J connectivity index is 2.70. The van der Waals surface area contributed by atoms with Crippen LogP contribution in [0.1, 0.15) is 23.0 Å². The molecule has 0 aliphatic heterocycles. The Kier molecular flexibility index (Phi) is 6.39. The molecule has 6 heteroatoms. The van der Waals surface area contributed by atoms with Crippen LogP contribution in [0.2, 0.25) is 0 Å². The van der Waals surface area contributed by atoms with Crippen molar-refractivity contribution in [2.24, 2.45) is 0 Å². The van der Waals surface area contributed by atoms with Gasteiger partial charge in [0.05, 0.1) is 0 Å². The zero-order chi connectivity index (χ0) is 15.0. The standard InChI is InChI=1S/C14H19N3O3/c1-3-17(2)10-9-16-14(20)13-11(5-4-8-15-13)6-7-12(18)19/h4-8H,3,9-10H2,1-2H3,(H,16,20)(H,18,19)/b7-6+. The van der Waals surface area contributed by atoms with Gasteiger partial charge in [-0.15, -0.1) is 0 Å². The number of aromatic nitrogens is 1. The molecule has 0 atom stereocenters. The molecule has 1 aromatic heterocycles. The molecular formula is C14H19N3O3. The van der Waals surface area contributed by atoms with Crippen LogP contribution in [-0.2, 0) is 4.79 Å². The van der Waals surface area contributed by atoms with E-state index in [9.17, 15) is 9.59 Å². The number of likely N-dealkylation sites (N-methyl/N-ethyl adjacent to an activating group) is 1. The first-order valence-electron chi connectivity index (χ1n) is 6.37. The van der Waals surface area contributed by atoms with Crippen LogP contribution in [0.25, 0.3) is 6.08 Å². The lowest BCUT2D eigenvalue weighted by Crippen LogP contribution is -2.33. The average Bonchev–Trinajstić information content (AvgIpc) is 2.45. The van der Waals surface area contributed by atoms with Crippen LogP contribution in [0.4, 0.5) is 0 Å². The summed E-state index contributed by atoms with van der Waals surface area (Å²) in [5.74, 6) is -1.37. The Morgan fingerprint density at radius 1 is 1.50 bits per heavy atom. The zero-order valence-electron chi connectivity index (χ0n) is 11.7. The molecule has 0 spiro atoms. The van der Waals surface area contributed by atoms with Gasteiger partial charge in [0.15, 0.2) is 0 Å². The Hall–Kier alpha value is -2.21. The normalized spacial score (nSPS) is 10.9. The Labute approximate surface area is 118 Å². The lowest BCUT2D eigenvalue weighted by Gasteiger charge is -2.14. The first-order chi connectivity index (χ1) is 9.54. The molecule has 20 heavy (non-hydrogen) atoms. The predicted molar refractivity (Wildman–Crippen MR) is 76.4 cm³/mol. The molecule has 0 radical (unpaired) electrons. The van der Waals surface area contributed by atoms with Crippen LogP contribution in [0.5, 0.6) is 0 Å². The van der Waals surface area contributed by atoms with Gasteiger partial charge < -0.3 is 15.3 Å². The van der Waals surface area contributed by atoms with E-state index in [0.717, 1.165) is 19.2 Å². The van der Waals surface area contributed by atoms with Crippen molar-refractivity contribution in [1.29, 1.82) is 0 Å². The smallest absolute Gasteiger partial charge is 0.328 e. The summed E-state index contributed by atoms with van der Waals surface area (Å²) >= 11 is 0. The summed E-state index contributed by atoms with van der Waals surface area (Å²) in [5.41, 5.74) is 0.709. The highest BCUT2D eigenvalue weighted by molar-refractivity contribution is 5.97. The number of aliphatic carboxylic acids is 1.